The van der Waals surface area contributed by atoms with Crippen molar-refractivity contribution in [1.29, 1.82) is 0 Å². The van der Waals surface area contributed by atoms with Gasteiger partial charge in [0.05, 0.1) is 0 Å². The fraction of sp³-hybridized carbons (Fsp3) is 0.636. The van der Waals surface area contributed by atoms with Crippen molar-refractivity contribution in [1.82, 2.24) is 20.4 Å². The van der Waals surface area contributed by atoms with E-state index in [1.165, 1.54) is 32.2 Å². The number of amides is 1. The minimum atomic E-state index is 0. The summed E-state index contributed by atoms with van der Waals surface area (Å²) in [5.74, 6) is 1.84. The molecule has 0 heterocycles. The van der Waals surface area contributed by atoms with Crippen LogP contribution in [0.25, 0.3) is 0 Å². The Morgan fingerprint density at radius 1 is 1.14 bits per heavy atom. The standard InChI is InChI=1S/C22H35N5O.HI/c1-23-22(25-13-14-27(20-9-10-20)16-18-7-8-18)24-12-11-17-5-4-6-19(15-17)21(28)26(2)3;/h4-6,15,18,20H,7-14,16H2,1-3H3,(H2,23,24,25);1H. The Hall–Kier alpha value is -1.35. The fourth-order valence-corrected chi connectivity index (χ4v) is 3.48. The van der Waals surface area contributed by atoms with E-state index in [1.807, 2.05) is 25.2 Å². The molecule has 0 unspecified atom stereocenters. The molecule has 2 saturated carbocycles. The lowest BCUT2D eigenvalue weighted by atomic mass is 10.1. The van der Waals surface area contributed by atoms with Crippen molar-refractivity contribution >= 4 is 35.8 Å². The summed E-state index contributed by atoms with van der Waals surface area (Å²) in [6.45, 7) is 4.08. The highest BCUT2D eigenvalue weighted by Gasteiger charge is 2.33. The predicted molar refractivity (Wildman–Crippen MR) is 130 cm³/mol. The molecule has 29 heavy (non-hydrogen) atoms. The maximum absolute atomic E-state index is 12.1. The smallest absolute Gasteiger partial charge is 0.253 e. The van der Waals surface area contributed by atoms with E-state index in [-0.39, 0.29) is 29.9 Å². The van der Waals surface area contributed by atoms with Crippen molar-refractivity contribution in [2.75, 3.05) is 47.3 Å². The summed E-state index contributed by atoms with van der Waals surface area (Å²) in [7, 11) is 5.37. The highest BCUT2D eigenvalue weighted by atomic mass is 127. The molecule has 0 radical (unpaired) electrons. The first-order chi connectivity index (χ1) is 13.6. The molecule has 2 aliphatic carbocycles. The highest BCUT2D eigenvalue weighted by Crippen LogP contribution is 2.34. The summed E-state index contributed by atoms with van der Waals surface area (Å²) in [4.78, 5) is 20.7. The zero-order valence-electron chi connectivity index (χ0n) is 18.0. The molecule has 3 rings (SSSR count). The van der Waals surface area contributed by atoms with Gasteiger partial charge in [0, 0.05) is 58.9 Å². The number of aliphatic imine (C=N–C) groups is 1. The second-order valence-electron chi connectivity index (χ2n) is 8.25. The fourth-order valence-electron chi connectivity index (χ4n) is 3.48. The quantitative estimate of drug-likeness (QED) is 0.287. The second-order valence-corrected chi connectivity index (χ2v) is 8.25. The second kappa shape index (κ2) is 11.7. The van der Waals surface area contributed by atoms with E-state index < -0.39 is 0 Å². The number of nitrogens with one attached hydrogen (secondary N) is 2. The molecule has 0 spiro atoms. The molecule has 0 bridgehead atoms. The van der Waals surface area contributed by atoms with E-state index in [2.05, 4.69) is 26.6 Å². The van der Waals surface area contributed by atoms with Gasteiger partial charge in [0.25, 0.3) is 5.91 Å². The van der Waals surface area contributed by atoms with Crippen LogP contribution in [0.2, 0.25) is 0 Å². The van der Waals surface area contributed by atoms with E-state index in [1.54, 1.807) is 19.0 Å². The number of guanidine groups is 1. The Morgan fingerprint density at radius 2 is 1.86 bits per heavy atom. The Morgan fingerprint density at radius 3 is 2.48 bits per heavy atom. The van der Waals surface area contributed by atoms with Gasteiger partial charge in [-0.15, -0.1) is 24.0 Å². The SMILES string of the molecule is CN=C(NCCc1cccc(C(=O)N(C)C)c1)NCCN(CC1CC1)C1CC1.I. The third-order valence-electron chi connectivity index (χ3n) is 5.45. The molecule has 2 fully saturated rings. The van der Waals surface area contributed by atoms with Crippen LogP contribution >= 0.6 is 24.0 Å². The van der Waals surface area contributed by atoms with Crippen LogP contribution in [0.4, 0.5) is 0 Å². The molecule has 0 aliphatic heterocycles. The summed E-state index contributed by atoms with van der Waals surface area (Å²) in [5.41, 5.74) is 1.89. The van der Waals surface area contributed by atoms with Crippen molar-refractivity contribution in [2.24, 2.45) is 10.9 Å². The number of carbonyl (C=O) groups is 1. The number of nitrogens with zero attached hydrogens (tertiary/aromatic N) is 3. The first kappa shape index (κ1) is 23.9. The van der Waals surface area contributed by atoms with Crippen LogP contribution in [-0.4, -0.2) is 75.0 Å². The average molecular weight is 513 g/mol. The van der Waals surface area contributed by atoms with Gasteiger partial charge in [0.2, 0.25) is 0 Å². The molecule has 1 aromatic rings. The largest absolute Gasteiger partial charge is 0.356 e. The summed E-state index contributed by atoms with van der Waals surface area (Å²) in [5, 5.41) is 6.83. The monoisotopic (exact) mass is 513 g/mol. The van der Waals surface area contributed by atoms with Crippen LogP contribution in [0.1, 0.15) is 41.6 Å². The molecule has 0 aromatic heterocycles. The van der Waals surface area contributed by atoms with Gasteiger partial charge in [0.1, 0.15) is 0 Å². The van der Waals surface area contributed by atoms with Crippen LogP contribution < -0.4 is 10.6 Å². The molecule has 7 heteroatoms. The first-order valence-electron chi connectivity index (χ1n) is 10.6. The minimum Gasteiger partial charge on any atom is -0.356 e. The molecule has 6 nitrogen and oxygen atoms in total. The zero-order chi connectivity index (χ0) is 19.9. The lowest BCUT2D eigenvalue weighted by Crippen LogP contribution is -2.43. The van der Waals surface area contributed by atoms with Crippen LogP contribution in [0.5, 0.6) is 0 Å². The van der Waals surface area contributed by atoms with Gasteiger partial charge in [0.15, 0.2) is 5.96 Å². The van der Waals surface area contributed by atoms with Gasteiger partial charge in [-0.3, -0.25) is 14.7 Å². The van der Waals surface area contributed by atoms with Crippen LogP contribution in [0.3, 0.4) is 0 Å². The van der Waals surface area contributed by atoms with Gasteiger partial charge < -0.3 is 15.5 Å². The molecule has 0 saturated heterocycles. The van der Waals surface area contributed by atoms with E-state index in [0.29, 0.717) is 0 Å². The van der Waals surface area contributed by atoms with E-state index in [4.69, 9.17) is 0 Å². The zero-order valence-corrected chi connectivity index (χ0v) is 20.3. The number of rotatable bonds is 10. The Kier molecular flexibility index (Phi) is 9.68. The van der Waals surface area contributed by atoms with Crippen LogP contribution in [0.15, 0.2) is 29.3 Å². The van der Waals surface area contributed by atoms with Gasteiger partial charge in [-0.1, -0.05) is 12.1 Å². The number of benzene rings is 1. The van der Waals surface area contributed by atoms with Crippen molar-refractivity contribution < 1.29 is 4.79 Å². The van der Waals surface area contributed by atoms with Crippen molar-refractivity contribution in [2.45, 2.75) is 38.1 Å². The number of hydrogen-bond donors (Lipinski definition) is 2. The Balaban J connectivity index is 0.00000300. The maximum atomic E-state index is 12.1. The predicted octanol–water partition coefficient (Wildman–Crippen LogP) is 2.59. The normalized spacial score (nSPS) is 16.3. The number of halogens is 1. The van der Waals surface area contributed by atoms with E-state index >= 15 is 0 Å². The minimum absolute atomic E-state index is 0. The van der Waals surface area contributed by atoms with Gasteiger partial charge in [-0.05, 0) is 55.7 Å². The summed E-state index contributed by atoms with van der Waals surface area (Å²) < 4.78 is 0. The molecular formula is C22H36IN5O. The summed E-state index contributed by atoms with van der Waals surface area (Å²) in [6.07, 6.45) is 6.43. The maximum Gasteiger partial charge on any atom is 0.253 e. The van der Waals surface area contributed by atoms with Gasteiger partial charge in [-0.2, -0.15) is 0 Å². The number of carbonyl (C=O) groups excluding carboxylic acids is 1. The molecule has 162 valence electrons. The third kappa shape index (κ3) is 8.12. The van der Waals surface area contributed by atoms with Gasteiger partial charge >= 0.3 is 0 Å². The van der Waals surface area contributed by atoms with Crippen LogP contribution in [-0.2, 0) is 6.42 Å². The first-order valence-corrected chi connectivity index (χ1v) is 10.6. The molecular weight excluding hydrogens is 477 g/mol. The van der Waals surface area contributed by atoms with E-state index in [9.17, 15) is 4.79 Å². The summed E-state index contributed by atoms with van der Waals surface area (Å²) in [6, 6.07) is 8.69. The van der Waals surface area contributed by atoms with E-state index in [0.717, 1.165) is 55.1 Å². The lowest BCUT2D eigenvalue weighted by molar-refractivity contribution is 0.0827. The lowest BCUT2D eigenvalue weighted by Gasteiger charge is -2.22. The van der Waals surface area contributed by atoms with Crippen LogP contribution in [0, 0.1) is 5.92 Å². The molecule has 0 atom stereocenters. The topological polar surface area (TPSA) is 60.0 Å². The highest BCUT2D eigenvalue weighted by molar-refractivity contribution is 14.0. The van der Waals surface area contributed by atoms with Gasteiger partial charge in [-0.25, -0.2) is 0 Å². The molecule has 1 aromatic carbocycles. The molecule has 2 N–H and O–H groups in total. The molecule has 1 amide bonds. The Bertz CT molecular complexity index is 686. The van der Waals surface area contributed by atoms with Crippen molar-refractivity contribution in [3.63, 3.8) is 0 Å². The average Bonchev–Trinajstić information content (AvgIpc) is 3.59. The van der Waals surface area contributed by atoms with Crippen molar-refractivity contribution in [3.05, 3.63) is 35.4 Å². The Labute approximate surface area is 192 Å². The summed E-state index contributed by atoms with van der Waals surface area (Å²) >= 11 is 0. The number of hydrogen-bond acceptors (Lipinski definition) is 3. The van der Waals surface area contributed by atoms with Crippen molar-refractivity contribution in [3.8, 4) is 0 Å². The third-order valence-corrected chi connectivity index (χ3v) is 5.45. The molecule has 2 aliphatic rings.